The number of methoxy groups -OCH3 is 2. The van der Waals surface area contributed by atoms with Crippen LogP contribution in [0, 0.1) is 5.92 Å². The van der Waals surface area contributed by atoms with Crippen LogP contribution in [0.2, 0.25) is 0 Å². The Bertz CT molecular complexity index is 405. The minimum Gasteiger partial charge on any atom is -0.497 e. The molecule has 1 rings (SSSR count). The first-order valence-electron chi connectivity index (χ1n) is 5.21. The quantitative estimate of drug-likeness (QED) is 0.812. The molecular weight excluding hydrogens is 222 g/mol. The van der Waals surface area contributed by atoms with E-state index in [-0.39, 0.29) is 0 Å². The van der Waals surface area contributed by atoms with Gasteiger partial charge in [0.2, 0.25) is 0 Å². The Morgan fingerprint density at radius 3 is 2.47 bits per heavy atom. The lowest BCUT2D eigenvalue weighted by atomic mass is 9.94. The Balaban J connectivity index is 3.13. The van der Waals surface area contributed by atoms with Gasteiger partial charge in [-0.2, -0.15) is 0 Å². The Kier molecular flexibility index (Phi) is 4.34. The molecule has 1 aromatic rings. The highest BCUT2D eigenvalue weighted by Crippen LogP contribution is 2.31. The third-order valence-corrected chi connectivity index (χ3v) is 2.72. The molecule has 0 bridgehead atoms. The molecule has 0 aliphatic heterocycles. The van der Waals surface area contributed by atoms with Crippen molar-refractivity contribution in [2.45, 2.75) is 13.0 Å². The minimum atomic E-state index is -0.942. The first-order chi connectivity index (χ1) is 8.01. The van der Waals surface area contributed by atoms with E-state index < -0.39 is 17.9 Å². The monoisotopic (exact) mass is 239 g/mol. The van der Waals surface area contributed by atoms with Gasteiger partial charge in [0.1, 0.15) is 11.5 Å². The molecule has 1 aromatic carbocycles. The van der Waals surface area contributed by atoms with Gasteiger partial charge in [-0.25, -0.2) is 0 Å². The number of carboxylic acid groups (broad SMARTS) is 1. The fraction of sp³-hybridized carbons (Fsp3) is 0.417. The summed E-state index contributed by atoms with van der Waals surface area (Å²) >= 11 is 0. The number of hydrogen-bond acceptors (Lipinski definition) is 4. The molecule has 0 aromatic heterocycles. The normalized spacial score (nSPS) is 13.9. The summed E-state index contributed by atoms with van der Waals surface area (Å²) in [7, 11) is 3.06. The van der Waals surface area contributed by atoms with Crippen LogP contribution in [0.4, 0.5) is 0 Å². The number of hydrogen-bond donors (Lipinski definition) is 2. The van der Waals surface area contributed by atoms with Crippen molar-refractivity contribution < 1.29 is 19.4 Å². The van der Waals surface area contributed by atoms with Crippen LogP contribution in [0.5, 0.6) is 11.5 Å². The van der Waals surface area contributed by atoms with Crippen molar-refractivity contribution in [1.82, 2.24) is 0 Å². The van der Waals surface area contributed by atoms with Gasteiger partial charge in [0.25, 0.3) is 0 Å². The number of rotatable bonds is 5. The summed E-state index contributed by atoms with van der Waals surface area (Å²) in [6, 6.07) is 4.50. The zero-order valence-corrected chi connectivity index (χ0v) is 10.1. The van der Waals surface area contributed by atoms with Crippen molar-refractivity contribution >= 4 is 5.97 Å². The number of nitrogens with two attached hydrogens (primary N) is 1. The van der Waals surface area contributed by atoms with Gasteiger partial charge < -0.3 is 20.3 Å². The Labute approximate surface area is 100 Å². The molecule has 0 aliphatic rings. The molecular formula is C12H17NO4. The summed E-state index contributed by atoms with van der Waals surface area (Å²) in [6.45, 7) is 1.56. The largest absolute Gasteiger partial charge is 0.497 e. The molecule has 3 N–H and O–H groups in total. The predicted octanol–water partition coefficient (Wildman–Crippen LogP) is 1.42. The van der Waals surface area contributed by atoms with Crippen LogP contribution in [0.25, 0.3) is 0 Å². The highest BCUT2D eigenvalue weighted by Gasteiger charge is 2.24. The fourth-order valence-electron chi connectivity index (χ4n) is 1.52. The van der Waals surface area contributed by atoms with Crippen molar-refractivity contribution in [3.8, 4) is 11.5 Å². The van der Waals surface area contributed by atoms with E-state index in [2.05, 4.69) is 0 Å². The summed E-state index contributed by atoms with van der Waals surface area (Å²) in [5.41, 5.74) is 6.55. The van der Waals surface area contributed by atoms with Crippen LogP contribution in [0.3, 0.4) is 0 Å². The maximum atomic E-state index is 10.9. The summed E-state index contributed by atoms with van der Waals surface area (Å²) in [4.78, 5) is 10.9. The summed E-state index contributed by atoms with van der Waals surface area (Å²) in [5.74, 6) is -0.460. The number of carboxylic acids is 1. The van der Waals surface area contributed by atoms with E-state index in [0.717, 1.165) is 0 Å². The first kappa shape index (κ1) is 13.3. The van der Waals surface area contributed by atoms with Gasteiger partial charge >= 0.3 is 5.97 Å². The number of ether oxygens (including phenoxy) is 2. The van der Waals surface area contributed by atoms with Crippen molar-refractivity contribution in [2.24, 2.45) is 11.7 Å². The maximum absolute atomic E-state index is 10.9. The third kappa shape index (κ3) is 2.88. The van der Waals surface area contributed by atoms with Crippen LogP contribution in [0.1, 0.15) is 18.5 Å². The standard InChI is InChI=1S/C12H17NO4/c1-7(12(14)15)11(13)9-6-8(16-2)4-5-10(9)17-3/h4-7,11H,13H2,1-3H3,(H,14,15). The van der Waals surface area contributed by atoms with E-state index in [1.807, 2.05) is 0 Å². The van der Waals surface area contributed by atoms with Gasteiger partial charge in [-0.3, -0.25) is 4.79 Å². The first-order valence-corrected chi connectivity index (χ1v) is 5.21. The second-order valence-electron chi connectivity index (χ2n) is 3.76. The third-order valence-electron chi connectivity index (χ3n) is 2.72. The number of carbonyl (C=O) groups is 1. The molecule has 0 spiro atoms. The van der Waals surface area contributed by atoms with Gasteiger partial charge in [0, 0.05) is 11.6 Å². The summed E-state index contributed by atoms with van der Waals surface area (Å²) < 4.78 is 10.3. The van der Waals surface area contributed by atoms with Crippen LogP contribution in [-0.2, 0) is 4.79 Å². The molecule has 0 saturated carbocycles. The van der Waals surface area contributed by atoms with Crippen molar-refractivity contribution in [3.05, 3.63) is 23.8 Å². The molecule has 0 saturated heterocycles. The Morgan fingerprint density at radius 1 is 1.35 bits per heavy atom. The molecule has 5 heteroatoms. The molecule has 5 nitrogen and oxygen atoms in total. The molecule has 94 valence electrons. The SMILES string of the molecule is COc1ccc(OC)c(C(N)C(C)C(=O)O)c1. The zero-order valence-electron chi connectivity index (χ0n) is 10.1. The van der Waals surface area contributed by atoms with E-state index in [1.165, 1.54) is 14.2 Å². The molecule has 2 atom stereocenters. The van der Waals surface area contributed by atoms with E-state index in [4.69, 9.17) is 20.3 Å². The van der Waals surface area contributed by atoms with Gasteiger partial charge in [-0.05, 0) is 18.2 Å². The number of benzene rings is 1. The lowest BCUT2D eigenvalue weighted by Crippen LogP contribution is -2.26. The van der Waals surface area contributed by atoms with Crippen LogP contribution in [-0.4, -0.2) is 25.3 Å². The molecule has 0 fully saturated rings. The van der Waals surface area contributed by atoms with Gasteiger partial charge in [-0.15, -0.1) is 0 Å². The molecule has 17 heavy (non-hydrogen) atoms. The van der Waals surface area contributed by atoms with Crippen LogP contribution >= 0.6 is 0 Å². The second-order valence-corrected chi connectivity index (χ2v) is 3.76. The van der Waals surface area contributed by atoms with Crippen molar-refractivity contribution in [3.63, 3.8) is 0 Å². The van der Waals surface area contributed by atoms with Crippen molar-refractivity contribution in [2.75, 3.05) is 14.2 Å². The molecule has 0 radical (unpaired) electrons. The lowest BCUT2D eigenvalue weighted by molar-refractivity contribution is -0.141. The van der Waals surface area contributed by atoms with Gasteiger partial charge in [0.05, 0.1) is 20.1 Å². The highest BCUT2D eigenvalue weighted by atomic mass is 16.5. The minimum absolute atomic E-state index is 0.561. The van der Waals surface area contributed by atoms with Crippen LogP contribution in [0.15, 0.2) is 18.2 Å². The summed E-state index contributed by atoms with van der Waals surface area (Å²) in [6.07, 6.45) is 0. The maximum Gasteiger partial charge on any atom is 0.308 e. The highest BCUT2D eigenvalue weighted by molar-refractivity contribution is 5.71. The topological polar surface area (TPSA) is 81.8 Å². The van der Waals surface area contributed by atoms with E-state index in [9.17, 15) is 4.79 Å². The zero-order chi connectivity index (χ0) is 13.0. The molecule has 0 heterocycles. The molecule has 2 unspecified atom stereocenters. The lowest BCUT2D eigenvalue weighted by Gasteiger charge is -2.19. The van der Waals surface area contributed by atoms with Crippen molar-refractivity contribution in [1.29, 1.82) is 0 Å². The molecule has 0 aliphatic carbocycles. The average Bonchev–Trinajstić information content (AvgIpc) is 2.35. The van der Waals surface area contributed by atoms with E-state index >= 15 is 0 Å². The van der Waals surface area contributed by atoms with E-state index in [0.29, 0.717) is 17.1 Å². The predicted molar refractivity (Wildman–Crippen MR) is 63.3 cm³/mol. The Hall–Kier alpha value is -1.75. The van der Waals surface area contributed by atoms with Gasteiger partial charge in [-0.1, -0.05) is 6.92 Å². The van der Waals surface area contributed by atoms with Crippen LogP contribution < -0.4 is 15.2 Å². The van der Waals surface area contributed by atoms with Gasteiger partial charge in [0.15, 0.2) is 0 Å². The Morgan fingerprint density at radius 2 is 2.00 bits per heavy atom. The summed E-state index contributed by atoms with van der Waals surface area (Å²) in [5, 5.41) is 8.95. The smallest absolute Gasteiger partial charge is 0.308 e. The fourth-order valence-corrected chi connectivity index (χ4v) is 1.52. The van der Waals surface area contributed by atoms with E-state index in [1.54, 1.807) is 25.1 Å². The second kappa shape index (κ2) is 5.54. The average molecular weight is 239 g/mol. The number of aliphatic carboxylic acids is 1. The molecule has 0 amide bonds.